The van der Waals surface area contributed by atoms with Crippen molar-refractivity contribution in [3.63, 3.8) is 0 Å². The molecule has 0 spiro atoms. The van der Waals surface area contributed by atoms with E-state index in [0.717, 1.165) is 23.1 Å². The van der Waals surface area contributed by atoms with Crippen molar-refractivity contribution in [2.75, 3.05) is 31.4 Å². The van der Waals surface area contributed by atoms with E-state index in [1.165, 1.54) is 20.4 Å². The summed E-state index contributed by atoms with van der Waals surface area (Å²) in [6.45, 7) is 3.13. The number of amides is 3. The summed E-state index contributed by atoms with van der Waals surface area (Å²) < 4.78 is 10.5. The largest absolute Gasteiger partial charge is 0.352 e. The molecule has 0 radical (unpaired) electrons. The van der Waals surface area contributed by atoms with Crippen LogP contribution in [0.25, 0.3) is 11.1 Å². The van der Waals surface area contributed by atoms with Gasteiger partial charge in [0.05, 0.1) is 10.7 Å². The van der Waals surface area contributed by atoms with Crippen LogP contribution in [0, 0.1) is 6.92 Å². The lowest BCUT2D eigenvalue weighted by molar-refractivity contribution is -0.119. The van der Waals surface area contributed by atoms with Gasteiger partial charge in [0.1, 0.15) is 11.4 Å². The summed E-state index contributed by atoms with van der Waals surface area (Å²) >= 11 is 6.82. The van der Waals surface area contributed by atoms with Gasteiger partial charge in [-0.25, -0.2) is 0 Å². The molecule has 12 heteroatoms. The Kier molecular flexibility index (Phi) is 10.7. The summed E-state index contributed by atoms with van der Waals surface area (Å²) in [4.78, 5) is 46.0. The summed E-state index contributed by atoms with van der Waals surface area (Å²) in [5.74, 6) is -0.685. The van der Waals surface area contributed by atoms with Crippen LogP contribution in [0.4, 0.5) is 11.4 Å². The standard InChI is InChI=1S/C34H35ClN6O5/c1-20-24(6-4-8-26(20)40-32(43)29-14-11-22(18-38-29)34(45-2)46-3)25-7-5-9-27(31(25)35)41-33(44)28-13-10-21(17-37-28)16-36-19-23-12-15-30(42)39-23/h4-11,13-14,17-18,23,34,36H,12,15-16,19H2,1-3H3,(H,39,42)(H,40,43)(H,41,44)/t23-/m0/s1. The molecule has 2 aromatic heterocycles. The average Bonchev–Trinajstić information content (AvgIpc) is 3.49. The Balaban J connectivity index is 1.24. The van der Waals surface area contributed by atoms with E-state index in [4.69, 9.17) is 21.1 Å². The number of carbonyl (C=O) groups excluding carboxylic acids is 3. The van der Waals surface area contributed by atoms with Gasteiger partial charge in [-0.15, -0.1) is 0 Å². The van der Waals surface area contributed by atoms with Gasteiger partial charge in [-0.3, -0.25) is 24.4 Å². The Morgan fingerprint density at radius 3 is 2.17 bits per heavy atom. The van der Waals surface area contributed by atoms with Crippen LogP contribution >= 0.6 is 11.6 Å². The molecule has 2 aromatic carbocycles. The molecular weight excluding hydrogens is 608 g/mol. The van der Waals surface area contributed by atoms with E-state index >= 15 is 0 Å². The lowest BCUT2D eigenvalue weighted by Crippen LogP contribution is -2.35. The second-order valence-corrected chi connectivity index (χ2v) is 11.2. The Morgan fingerprint density at radius 2 is 1.57 bits per heavy atom. The third-order valence-corrected chi connectivity index (χ3v) is 8.11. The summed E-state index contributed by atoms with van der Waals surface area (Å²) in [5.41, 5.74) is 5.38. The molecule has 1 saturated heterocycles. The second-order valence-electron chi connectivity index (χ2n) is 10.8. The van der Waals surface area contributed by atoms with Gasteiger partial charge in [0.15, 0.2) is 6.29 Å². The molecule has 238 valence electrons. The monoisotopic (exact) mass is 642 g/mol. The van der Waals surface area contributed by atoms with E-state index in [0.29, 0.717) is 47.0 Å². The van der Waals surface area contributed by atoms with Gasteiger partial charge < -0.3 is 30.7 Å². The highest BCUT2D eigenvalue weighted by molar-refractivity contribution is 6.36. The van der Waals surface area contributed by atoms with Crippen molar-refractivity contribution < 1.29 is 23.9 Å². The highest BCUT2D eigenvalue weighted by Crippen LogP contribution is 2.37. The smallest absolute Gasteiger partial charge is 0.274 e. The summed E-state index contributed by atoms with van der Waals surface area (Å²) in [7, 11) is 3.05. The number of pyridine rings is 2. The van der Waals surface area contributed by atoms with Crippen molar-refractivity contribution in [3.05, 3.63) is 106 Å². The minimum atomic E-state index is -0.572. The van der Waals surface area contributed by atoms with Crippen LogP contribution in [0.2, 0.25) is 5.02 Å². The number of carbonyl (C=O) groups is 3. The van der Waals surface area contributed by atoms with Gasteiger partial charge >= 0.3 is 0 Å². The number of nitrogens with zero attached hydrogens (tertiary/aromatic N) is 2. The SMILES string of the molecule is COC(OC)c1ccc(C(=O)Nc2cccc(-c3cccc(NC(=O)c4ccc(CNC[C@@H]5CCC(=O)N5)cn4)c3Cl)c2C)nc1. The van der Waals surface area contributed by atoms with Crippen molar-refractivity contribution in [1.29, 1.82) is 0 Å². The Morgan fingerprint density at radius 1 is 0.913 bits per heavy atom. The fraction of sp³-hybridized carbons (Fsp3) is 0.265. The van der Waals surface area contributed by atoms with Crippen LogP contribution in [0.1, 0.15) is 56.8 Å². The number of nitrogens with one attached hydrogen (secondary N) is 4. The molecule has 46 heavy (non-hydrogen) atoms. The molecule has 4 N–H and O–H groups in total. The molecule has 1 aliphatic heterocycles. The minimum Gasteiger partial charge on any atom is -0.352 e. The number of rotatable bonds is 12. The summed E-state index contributed by atoms with van der Waals surface area (Å²) in [6.07, 6.45) is 4.01. The third kappa shape index (κ3) is 7.75. The number of hydrogen-bond acceptors (Lipinski definition) is 8. The first kappa shape index (κ1) is 32.7. The van der Waals surface area contributed by atoms with Crippen molar-refractivity contribution >= 4 is 40.7 Å². The molecule has 0 bridgehead atoms. The number of aromatic nitrogens is 2. The zero-order chi connectivity index (χ0) is 32.6. The molecule has 0 unspecified atom stereocenters. The van der Waals surface area contributed by atoms with Crippen LogP contribution in [-0.2, 0) is 20.8 Å². The van der Waals surface area contributed by atoms with Crippen LogP contribution in [0.5, 0.6) is 0 Å². The van der Waals surface area contributed by atoms with E-state index in [1.54, 1.807) is 42.6 Å². The van der Waals surface area contributed by atoms with Gasteiger partial charge in [0.2, 0.25) is 5.91 Å². The molecule has 0 saturated carbocycles. The van der Waals surface area contributed by atoms with Gasteiger partial charge in [-0.1, -0.05) is 48.0 Å². The van der Waals surface area contributed by atoms with Crippen LogP contribution < -0.4 is 21.3 Å². The second kappa shape index (κ2) is 15.1. The number of hydrogen-bond donors (Lipinski definition) is 4. The zero-order valence-corrected chi connectivity index (χ0v) is 26.5. The number of methoxy groups -OCH3 is 2. The van der Waals surface area contributed by atoms with E-state index in [1.807, 2.05) is 31.2 Å². The van der Waals surface area contributed by atoms with Gasteiger partial charge in [0.25, 0.3) is 11.8 Å². The van der Waals surface area contributed by atoms with Gasteiger partial charge in [0, 0.05) is 69.0 Å². The molecule has 0 aliphatic carbocycles. The Bertz CT molecular complexity index is 1710. The molecule has 1 aliphatic rings. The minimum absolute atomic E-state index is 0.0857. The van der Waals surface area contributed by atoms with Crippen molar-refractivity contribution in [2.24, 2.45) is 0 Å². The molecule has 11 nitrogen and oxygen atoms in total. The molecular formula is C34H35ClN6O5. The number of benzene rings is 2. The molecule has 3 amide bonds. The van der Waals surface area contributed by atoms with E-state index in [2.05, 4.69) is 31.2 Å². The van der Waals surface area contributed by atoms with Gasteiger partial charge in [-0.2, -0.15) is 0 Å². The van der Waals surface area contributed by atoms with E-state index in [-0.39, 0.29) is 29.2 Å². The maximum Gasteiger partial charge on any atom is 0.274 e. The first-order valence-corrected chi connectivity index (χ1v) is 15.1. The predicted octanol–water partition coefficient (Wildman–Crippen LogP) is 5.27. The fourth-order valence-electron chi connectivity index (χ4n) is 5.20. The van der Waals surface area contributed by atoms with E-state index < -0.39 is 12.2 Å². The zero-order valence-electron chi connectivity index (χ0n) is 25.7. The molecule has 1 atom stereocenters. The quantitative estimate of drug-likeness (QED) is 0.153. The number of ether oxygens (including phenoxy) is 2. The summed E-state index contributed by atoms with van der Waals surface area (Å²) in [6, 6.07) is 17.9. The first-order valence-electron chi connectivity index (χ1n) is 14.7. The normalized spacial score (nSPS) is 14.3. The number of anilines is 2. The third-order valence-electron chi connectivity index (χ3n) is 7.70. The molecule has 3 heterocycles. The molecule has 4 aromatic rings. The highest BCUT2D eigenvalue weighted by atomic mass is 35.5. The average molecular weight is 643 g/mol. The maximum absolute atomic E-state index is 13.1. The van der Waals surface area contributed by atoms with Crippen LogP contribution in [0.15, 0.2) is 73.1 Å². The van der Waals surface area contributed by atoms with Crippen molar-refractivity contribution in [1.82, 2.24) is 20.6 Å². The topological polar surface area (TPSA) is 144 Å². The lowest BCUT2D eigenvalue weighted by Gasteiger charge is -2.16. The van der Waals surface area contributed by atoms with E-state index in [9.17, 15) is 14.4 Å². The summed E-state index contributed by atoms with van der Waals surface area (Å²) in [5, 5.41) is 12.4. The fourth-order valence-corrected chi connectivity index (χ4v) is 5.48. The highest BCUT2D eigenvalue weighted by Gasteiger charge is 2.20. The predicted molar refractivity (Wildman–Crippen MR) is 176 cm³/mol. The van der Waals surface area contributed by atoms with Crippen molar-refractivity contribution in [2.45, 2.75) is 38.6 Å². The Labute approximate surface area is 272 Å². The Hall–Kier alpha value is -4.68. The maximum atomic E-state index is 13.1. The van der Waals surface area contributed by atoms with Gasteiger partial charge in [-0.05, 0) is 54.3 Å². The van der Waals surface area contributed by atoms with Crippen LogP contribution in [-0.4, -0.2) is 54.5 Å². The van der Waals surface area contributed by atoms with Crippen LogP contribution in [0.3, 0.4) is 0 Å². The first-order chi connectivity index (χ1) is 22.3. The number of halogens is 1. The molecule has 5 rings (SSSR count). The molecule has 1 fully saturated rings. The lowest BCUT2D eigenvalue weighted by atomic mass is 9.98. The van der Waals surface area contributed by atoms with Crippen molar-refractivity contribution in [3.8, 4) is 11.1 Å².